The van der Waals surface area contributed by atoms with E-state index >= 15 is 0 Å². The lowest BCUT2D eigenvalue weighted by atomic mass is 9.99. The summed E-state index contributed by atoms with van der Waals surface area (Å²) in [4.78, 5) is 2.28. The SMILES string of the molecule is CN(Cc1cc(F)ccc1Br)CC1CCCNC1. The first kappa shape index (κ1) is 14.0. The van der Waals surface area contributed by atoms with Crippen molar-refractivity contribution in [2.75, 3.05) is 26.7 Å². The summed E-state index contributed by atoms with van der Waals surface area (Å²) in [5.74, 6) is 0.553. The van der Waals surface area contributed by atoms with E-state index in [-0.39, 0.29) is 5.82 Å². The second-order valence-electron chi connectivity index (χ2n) is 5.14. The second kappa shape index (κ2) is 6.64. The van der Waals surface area contributed by atoms with Gasteiger partial charge in [-0.2, -0.15) is 0 Å². The number of rotatable bonds is 4. The number of halogens is 2. The van der Waals surface area contributed by atoms with Crippen molar-refractivity contribution in [3.63, 3.8) is 0 Å². The van der Waals surface area contributed by atoms with Gasteiger partial charge in [0.2, 0.25) is 0 Å². The highest BCUT2D eigenvalue weighted by Gasteiger charge is 2.15. The average molecular weight is 315 g/mol. The molecule has 0 bridgehead atoms. The summed E-state index contributed by atoms with van der Waals surface area (Å²) < 4.78 is 14.2. The number of benzene rings is 1. The molecule has 4 heteroatoms. The molecule has 0 radical (unpaired) electrons. The Labute approximate surface area is 117 Å². The molecule has 1 aromatic rings. The average Bonchev–Trinajstić information content (AvgIpc) is 2.35. The van der Waals surface area contributed by atoms with E-state index in [9.17, 15) is 4.39 Å². The smallest absolute Gasteiger partial charge is 0.123 e. The van der Waals surface area contributed by atoms with Gasteiger partial charge in [0, 0.05) is 17.6 Å². The van der Waals surface area contributed by atoms with Crippen LogP contribution in [0.15, 0.2) is 22.7 Å². The van der Waals surface area contributed by atoms with Crippen molar-refractivity contribution in [3.05, 3.63) is 34.1 Å². The molecule has 2 nitrogen and oxygen atoms in total. The van der Waals surface area contributed by atoms with Crippen LogP contribution in [0.4, 0.5) is 4.39 Å². The topological polar surface area (TPSA) is 15.3 Å². The number of hydrogen-bond acceptors (Lipinski definition) is 2. The standard InChI is InChI=1S/C14H20BrFN2/c1-18(9-11-3-2-6-17-8-11)10-12-7-13(16)4-5-14(12)15/h4-5,7,11,17H,2-3,6,8-10H2,1H3. The Hall–Kier alpha value is -0.450. The van der Waals surface area contributed by atoms with E-state index in [2.05, 4.69) is 33.2 Å². The zero-order valence-electron chi connectivity index (χ0n) is 10.8. The van der Waals surface area contributed by atoms with E-state index in [1.807, 2.05) is 0 Å². The maximum absolute atomic E-state index is 13.2. The van der Waals surface area contributed by atoms with Crippen molar-refractivity contribution in [1.29, 1.82) is 0 Å². The summed E-state index contributed by atoms with van der Waals surface area (Å²) in [7, 11) is 2.10. The molecule has 1 atom stereocenters. The minimum absolute atomic E-state index is 0.166. The number of nitrogens with one attached hydrogen (secondary N) is 1. The molecule has 1 N–H and O–H groups in total. The molecule has 1 aliphatic rings. The van der Waals surface area contributed by atoms with E-state index < -0.39 is 0 Å². The first-order valence-electron chi connectivity index (χ1n) is 6.48. The fourth-order valence-corrected chi connectivity index (χ4v) is 2.91. The predicted octanol–water partition coefficient (Wildman–Crippen LogP) is 3.02. The van der Waals surface area contributed by atoms with Gasteiger partial charge in [-0.05, 0) is 62.7 Å². The van der Waals surface area contributed by atoms with Crippen LogP contribution in [0.5, 0.6) is 0 Å². The van der Waals surface area contributed by atoms with Gasteiger partial charge >= 0.3 is 0 Å². The number of piperidine rings is 1. The minimum atomic E-state index is -0.166. The van der Waals surface area contributed by atoms with Crippen molar-refractivity contribution in [3.8, 4) is 0 Å². The van der Waals surface area contributed by atoms with Crippen molar-refractivity contribution in [1.82, 2.24) is 10.2 Å². The molecule has 1 aromatic carbocycles. The molecule has 0 spiro atoms. The molecule has 100 valence electrons. The molecule has 1 fully saturated rings. The molecule has 1 aliphatic heterocycles. The Morgan fingerprint density at radius 2 is 2.33 bits per heavy atom. The molecule has 0 saturated carbocycles. The van der Waals surface area contributed by atoms with E-state index in [4.69, 9.17) is 0 Å². The van der Waals surface area contributed by atoms with Crippen LogP contribution in [-0.2, 0) is 6.54 Å². The summed E-state index contributed by atoms with van der Waals surface area (Å²) in [6, 6.07) is 4.87. The Bertz CT molecular complexity index is 391. The summed E-state index contributed by atoms with van der Waals surface area (Å²) in [6.45, 7) is 4.11. The maximum Gasteiger partial charge on any atom is 0.123 e. The van der Waals surface area contributed by atoms with E-state index in [0.29, 0.717) is 0 Å². The van der Waals surface area contributed by atoms with Gasteiger partial charge in [-0.3, -0.25) is 0 Å². The lowest BCUT2D eigenvalue weighted by Gasteiger charge is -2.27. The van der Waals surface area contributed by atoms with Crippen LogP contribution >= 0.6 is 15.9 Å². The first-order chi connectivity index (χ1) is 8.65. The third kappa shape index (κ3) is 4.04. The molecular formula is C14H20BrFN2. The quantitative estimate of drug-likeness (QED) is 0.919. The van der Waals surface area contributed by atoms with Gasteiger partial charge in [0.25, 0.3) is 0 Å². The zero-order valence-corrected chi connectivity index (χ0v) is 12.3. The highest BCUT2D eigenvalue weighted by molar-refractivity contribution is 9.10. The molecule has 1 heterocycles. The zero-order chi connectivity index (χ0) is 13.0. The molecule has 1 unspecified atom stereocenters. The largest absolute Gasteiger partial charge is 0.316 e. The van der Waals surface area contributed by atoms with Gasteiger partial charge in [-0.1, -0.05) is 15.9 Å². The third-order valence-electron chi connectivity index (χ3n) is 3.42. The Morgan fingerprint density at radius 1 is 1.50 bits per heavy atom. The molecule has 1 saturated heterocycles. The lowest BCUT2D eigenvalue weighted by molar-refractivity contribution is 0.237. The number of nitrogens with zero attached hydrogens (tertiary/aromatic N) is 1. The van der Waals surface area contributed by atoms with Crippen LogP contribution in [0.3, 0.4) is 0 Å². The number of hydrogen-bond donors (Lipinski definition) is 1. The normalized spacial score (nSPS) is 20.3. The van der Waals surface area contributed by atoms with Crippen molar-refractivity contribution in [2.24, 2.45) is 5.92 Å². The molecule has 2 rings (SSSR count). The molecule has 0 aromatic heterocycles. The molecule has 18 heavy (non-hydrogen) atoms. The van der Waals surface area contributed by atoms with E-state index in [1.54, 1.807) is 12.1 Å². The lowest BCUT2D eigenvalue weighted by Crippen LogP contribution is -2.36. The fraction of sp³-hybridized carbons (Fsp3) is 0.571. The Balaban J connectivity index is 1.89. The van der Waals surface area contributed by atoms with Crippen molar-refractivity contribution < 1.29 is 4.39 Å². The van der Waals surface area contributed by atoms with Gasteiger partial charge in [0.15, 0.2) is 0 Å². The van der Waals surface area contributed by atoms with Crippen LogP contribution < -0.4 is 5.32 Å². The van der Waals surface area contributed by atoms with Gasteiger partial charge in [-0.15, -0.1) is 0 Å². The summed E-state index contributed by atoms with van der Waals surface area (Å²) in [6.07, 6.45) is 2.56. The van der Waals surface area contributed by atoms with Gasteiger partial charge in [0.05, 0.1) is 0 Å². The van der Waals surface area contributed by atoms with Crippen molar-refractivity contribution >= 4 is 15.9 Å². The summed E-state index contributed by atoms with van der Waals surface area (Å²) in [5.41, 5.74) is 1.02. The molecule has 0 aliphatic carbocycles. The third-order valence-corrected chi connectivity index (χ3v) is 4.19. The predicted molar refractivity (Wildman–Crippen MR) is 76.0 cm³/mol. The van der Waals surface area contributed by atoms with Gasteiger partial charge < -0.3 is 10.2 Å². The Kier molecular flexibility index (Phi) is 5.15. The fourth-order valence-electron chi connectivity index (χ4n) is 2.54. The highest BCUT2D eigenvalue weighted by Crippen LogP contribution is 2.20. The summed E-state index contributed by atoms with van der Waals surface area (Å²) >= 11 is 3.48. The molecule has 0 amide bonds. The van der Waals surface area contributed by atoms with Crippen LogP contribution in [0.1, 0.15) is 18.4 Å². The highest BCUT2D eigenvalue weighted by atomic mass is 79.9. The summed E-state index contributed by atoms with van der Waals surface area (Å²) in [5, 5.41) is 3.43. The van der Waals surface area contributed by atoms with Crippen LogP contribution in [0.2, 0.25) is 0 Å². The van der Waals surface area contributed by atoms with Crippen LogP contribution in [0, 0.1) is 11.7 Å². The van der Waals surface area contributed by atoms with E-state index in [0.717, 1.165) is 42.1 Å². The monoisotopic (exact) mass is 314 g/mol. The maximum atomic E-state index is 13.2. The second-order valence-corrected chi connectivity index (χ2v) is 6.00. The van der Waals surface area contributed by atoms with Crippen LogP contribution in [-0.4, -0.2) is 31.6 Å². The van der Waals surface area contributed by atoms with Gasteiger partial charge in [0.1, 0.15) is 5.82 Å². The van der Waals surface area contributed by atoms with E-state index in [1.165, 1.54) is 18.9 Å². The van der Waals surface area contributed by atoms with Gasteiger partial charge in [-0.25, -0.2) is 4.39 Å². The first-order valence-corrected chi connectivity index (χ1v) is 7.27. The van der Waals surface area contributed by atoms with Crippen molar-refractivity contribution in [2.45, 2.75) is 19.4 Å². The minimum Gasteiger partial charge on any atom is -0.316 e. The van der Waals surface area contributed by atoms with Crippen LogP contribution in [0.25, 0.3) is 0 Å². The Morgan fingerprint density at radius 3 is 3.06 bits per heavy atom. The molecular weight excluding hydrogens is 295 g/mol.